The fourth-order valence-corrected chi connectivity index (χ4v) is 5.77. The number of nitrogens with zero attached hydrogens (tertiary/aromatic N) is 2. The standard InChI is InChI=1S/C26H30N2O3/c29-21-11-14-28(15-12-21)25(31)23-17-27(16-19-6-2-1-3-7-19)18-26(23)13-10-20-8-4-5-9-22(20)24(26)30/h1-9,21,23,29H,10-18H2/t23-,26+/m0/s1. The molecular formula is C26H30N2O3. The first-order valence-electron chi connectivity index (χ1n) is 11.4. The zero-order chi connectivity index (χ0) is 21.4. The highest BCUT2D eigenvalue weighted by atomic mass is 16.3. The minimum Gasteiger partial charge on any atom is -0.393 e. The molecule has 2 aromatic rings. The normalized spacial score (nSPS) is 26.9. The van der Waals surface area contributed by atoms with Crippen LogP contribution in [0.2, 0.25) is 0 Å². The zero-order valence-electron chi connectivity index (χ0n) is 17.9. The van der Waals surface area contributed by atoms with Gasteiger partial charge in [-0.05, 0) is 36.8 Å². The van der Waals surface area contributed by atoms with Gasteiger partial charge in [0.15, 0.2) is 5.78 Å². The lowest BCUT2D eigenvalue weighted by molar-refractivity contribution is -0.139. The number of hydrogen-bond donors (Lipinski definition) is 1. The van der Waals surface area contributed by atoms with Crippen molar-refractivity contribution in [2.24, 2.45) is 11.3 Å². The van der Waals surface area contributed by atoms with Crippen molar-refractivity contribution in [3.63, 3.8) is 0 Å². The van der Waals surface area contributed by atoms with Crippen molar-refractivity contribution in [2.45, 2.75) is 38.3 Å². The Morgan fingerprint density at radius 2 is 1.74 bits per heavy atom. The van der Waals surface area contributed by atoms with Crippen LogP contribution in [-0.2, 0) is 17.8 Å². The Morgan fingerprint density at radius 1 is 1.03 bits per heavy atom. The number of likely N-dealkylation sites (tertiary alicyclic amines) is 2. The second-order valence-corrected chi connectivity index (χ2v) is 9.41. The van der Waals surface area contributed by atoms with Gasteiger partial charge >= 0.3 is 0 Å². The number of hydrogen-bond acceptors (Lipinski definition) is 4. The second kappa shape index (κ2) is 8.21. The van der Waals surface area contributed by atoms with Gasteiger partial charge in [0.1, 0.15) is 0 Å². The summed E-state index contributed by atoms with van der Waals surface area (Å²) in [6, 6.07) is 18.2. The number of fused-ring (bicyclic) bond motifs is 1. The van der Waals surface area contributed by atoms with Crippen LogP contribution in [0, 0.1) is 11.3 Å². The molecule has 0 bridgehead atoms. The van der Waals surface area contributed by atoms with Crippen molar-refractivity contribution >= 4 is 11.7 Å². The van der Waals surface area contributed by atoms with Crippen molar-refractivity contribution in [3.05, 3.63) is 71.3 Å². The molecule has 1 aliphatic carbocycles. The molecule has 3 aliphatic rings. The first-order valence-corrected chi connectivity index (χ1v) is 11.4. The average molecular weight is 419 g/mol. The maximum absolute atomic E-state index is 13.9. The van der Waals surface area contributed by atoms with Gasteiger partial charge in [-0.25, -0.2) is 0 Å². The Balaban J connectivity index is 1.46. The van der Waals surface area contributed by atoms with Gasteiger partial charge in [0, 0.05) is 38.3 Å². The highest BCUT2D eigenvalue weighted by molar-refractivity contribution is 6.06. The van der Waals surface area contributed by atoms with Crippen molar-refractivity contribution < 1.29 is 14.7 Å². The van der Waals surface area contributed by atoms with Gasteiger partial charge < -0.3 is 10.0 Å². The van der Waals surface area contributed by atoms with E-state index in [9.17, 15) is 14.7 Å². The smallest absolute Gasteiger partial charge is 0.228 e. The Morgan fingerprint density at radius 3 is 2.52 bits per heavy atom. The van der Waals surface area contributed by atoms with Crippen LogP contribution in [0.15, 0.2) is 54.6 Å². The summed E-state index contributed by atoms with van der Waals surface area (Å²) in [5, 5.41) is 9.87. The van der Waals surface area contributed by atoms with Crippen molar-refractivity contribution in [2.75, 3.05) is 26.2 Å². The predicted octanol–water partition coefficient (Wildman–Crippen LogP) is 2.92. The number of aliphatic hydroxyl groups excluding tert-OH is 1. The van der Waals surface area contributed by atoms with Crippen LogP contribution in [0.25, 0.3) is 0 Å². The van der Waals surface area contributed by atoms with Gasteiger partial charge in [0.25, 0.3) is 0 Å². The number of aliphatic hydroxyl groups is 1. The molecule has 1 N–H and O–H groups in total. The summed E-state index contributed by atoms with van der Waals surface area (Å²) in [6.07, 6.45) is 2.48. The van der Waals surface area contributed by atoms with Gasteiger partial charge in [0.2, 0.25) is 5.91 Å². The van der Waals surface area contributed by atoms with Crippen molar-refractivity contribution in [1.82, 2.24) is 9.80 Å². The van der Waals surface area contributed by atoms with E-state index in [1.165, 1.54) is 5.56 Å². The molecule has 2 fully saturated rings. The first kappa shape index (κ1) is 20.4. The minimum absolute atomic E-state index is 0.0928. The van der Waals surface area contributed by atoms with Crippen molar-refractivity contribution in [3.8, 4) is 0 Å². The van der Waals surface area contributed by atoms with Gasteiger partial charge in [0.05, 0.1) is 17.4 Å². The molecular weight excluding hydrogens is 388 g/mol. The Hall–Kier alpha value is -2.50. The van der Waals surface area contributed by atoms with Crippen LogP contribution in [0.4, 0.5) is 0 Å². The third kappa shape index (κ3) is 3.70. The third-order valence-corrected chi connectivity index (χ3v) is 7.49. The van der Waals surface area contributed by atoms with E-state index in [0.717, 1.165) is 30.5 Å². The summed E-state index contributed by atoms with van der Waals surface area (Å²) in [6.45, 7) is 3.15. The molecule has 0 radical (unpaired) electrons. The fraction of sp³-hybridized carbons (Fsp3) is 0.462. The maximum Gasteiger partial charge on any atom is 0.228 e. The minimum atomic E-state index is -0.656. The van der Waals surface area contributed by atoms with E-state index in [4.69, 9.17) is 0 Å². The molecule has 1 spiro atoms. The summed E-state index contributed by atoms with van der Waals surface area (Å²) >= 11 is 0. The number of ketones is 1. The quantitative estimate of drug-likeness (QED) is 0.833. The number of aryl methyl sites for hydroxylation is 1. The SMILES string of the molecule is O=C([C@@H]1CN(Cc2ccccc2)C[C@]12CCc1ccccc1C2=O)N1CCC(O)CC1. The second-order valence-electron chi connectivity index (χ2n) is 9.41. The summed E-state index contributed by atoms with van der Waals surface area (Å²) in [7, 11) is 0. The van der Waals surface area contributed by atoms with E-state index in [2.05, 4.69) is 17.0 Å². The number of piperidine rings is 1. The Kier molecular flexibility index (Phi) is 5.40. The number of carbonyl (C=O) groups is 2. The lowest BCUT2D eigenvalue weighted by atomic mass is 9.64. The van der Waals surface area contributed by atoms with Crippen molar-refractivity contribution in [1.29, 1.82) is 0 Å². The molecule has 2 saturated heterocycles. The van der Waals surface area contributed by atoms with Crippen LogP contribution in [-0.4, -0.2) is 58.9 Å². The molecule has 5 rings (SSSR count). The van der Waals surface area contributed by atoms with Gasteiger partial charge in [-0.3, -0.25) is 14.5 Å². The van der Waals surface area contributed by atoms with Crippen LogP contribution in [0.5, 0.6) is 0 Å². The number of rotatable bonds is 3. The molecule has 2 aromatic carbocycles. The largest absolute Gasteiger partial charge is 0.393 e. The van der Waals surface area contributed by atoms with Gasteiger partial charge in [-0.15, -0.1) is 0 Å². The molecule has 0 unspecified atom stereocenters. The Bertz CT molecular complexity index is 968. The van der Waals surface area contributed by atoms with E-state index in [1.807, 2.05) is 47.4 Å². The number of carbonyl (C=O) groups excluding carboxylic acids is 2. The van der Waals surface area contributed by atoms with Gasteiger partial charge in [-0.1, -0.05) is 54.6 Å². The molecule has 0 saturated carbocycles. The van der Waals surface area contributed by atoms with E-state index in [-0.39, 0.29) is 23.7 Å². The highest BCUT2D eigenvalue weighted by Gasteiger charge is 2.57. The number of benzene rings is 2. The summed E-state index contributed by atoms with van der Waals surface area (Å²) in [5.41, 5.74) is 2.45. The van der Waals surface area contributed by atoms with Crippen LogP contribution >= 0.6 is 0 Å². The lowest BCUT2D eigenvalue weighted by Gasteiger charge is -2.40. The molecule has 2 aliphatic heterocycles. The number of amides is 1. The molecule has 2 heterocycles. The fourth-order valence-electron chi connectivity index (χ4n) is 5.77. The van der Waals surface area contributed by atoms with E-state index in [0.29, 0.717) is 39.0 Å². The van der Waals surface area contributed by atoms with Crippen LogP contribution in [0.3, 0.4) is 0 Å². The van der Waals surface area contributed by atoms with E-state index >= 15 is 0 Å². The predicted molar refractivity (Wildman–Crippen MR) is 119 cm³/mol. The van der Waals surface area contributed by atoms with Gasteiger partial charge in [-0.2, -0.15) is 0 Å². The summed E-state index contributed by atoms with van der Waals surface area (Å²) < 4.78 is 0. The molecule has 162 valence electrons. The first-order chi connectivity index (χ1) is 15.1. The van der Waals surface area contributed by atoms with E-state index in [1.54, 1.807) is 0 Å². The molecule has 31 heavy (non-hydrogen) atoms. The monoisotopic (exact) mass is 418 g/mol. The molecule has 0 aromatic heterocycles. The topological polar surface area (TPSA) is 60.9 Å². The van der Waals surface area contributed by atoms with Crippen LogP contribution in [0.1, 0.15) is 40.7 Å². The Labute approximate surface area is 183 Å². The lowest BCUT2D eigenvalue weighted by Crippen LogP contribution is -2.51. The average Bonchev–Trinajstić information content (AvgIpc) is 3.16. The summed E-state index contributed by atoms with van der Waals surface area (Å²) in [4.78, 5) is 31.7. The number of Topliss-reactive ketones (excluding diaryl/α,β-unsaturated/α-hetero) is 1. The molecule has 5 nitrogen and oxygen atoms in total. The summed E-state index contributed by atoms with van der Waals surface area (Å²) in [5.74, 6) is -0.0946. The molecule has 5 heteroatoms. The molecule has 2 atom stereocenters. The highest BCUT2D eigenvalue weighted by Crippen LogP contribution is 2.47. The maximum atomic E-state index is 13.9. The molecule has 1 amide bonds. The van der Waals surface area contributed by atoms with E-state index < -0.39 is 5.41 Å². The van der Waals surface area contributed by atoms with Crippen LogP contribution < -0.4 is 0 Å². The third-order valence-electron chi connectivity index (χ3n) is 7.49. The zero-order valence-corrected chi connectivity index (χ0v) is 17.9.